The maximum atomic E-state index is 4.63. The van der Waals surface area contributed by atoms with Gasteiger partial charge in [0.25, 0.3) is 0 Å². The molecule has 2 aliphatic rings. The summed E-state index contributed by atoms with van der Waals surface area (Å²) >= 11 is 0. The fourth-order valence-corrected chi connectivity index (χ4v) is 2.94. The quantitative estimate of drug-likeness (QED) is 0.414. The van der Waals surface area contributed by atoms with Gasteiger partial charge < -0.3 is 14.7 Å². The van der Waals surface area contributed by atoms with Gasteiger partial charge in [-0.05, 0) is 72.8 Å². The molecule has 0 saturated carbocycles. The molecular formula is C22H20N4O. The van der Waals surface area contributed by atoms with Gasteiger partial charge >= 0.3 is 0 Å². The molecule has 0 radical (unpaired) electrons. The molecule has 0 aromatic carbocycles. The van der Waals surface area contributed by atoms with E-state index in [9.17, 15) is 0 Å². The Morgan fingerprint density at radius 2 is 0.815 bits per heavy atom. The maximum absolute atomic E-state index is 4.63. The zero-order valence-electron chi connectivity index (χ0n) is 15.2. The van der Waals surface area contributed by atoms with Crippen LogP contribution in [-0.2, 0) is 4.74 Å². The summed E-state index contributed by atoms with van der Waals surface area (Å²) in [4.78, 5) is 16.0. The highest BCUT2D eigenvalue weighted by atomic mass is 16.4. The lowest BCUT2D eigenvalue weighted by Crippen LogP contribution is -1.75. The normalized spacial score (nSPS) is 11.9. The summed E-state index contributed by atoms with van der Waals surface area (Å²) in [6.07, 6.45) is 8.09. The predicted octanol–water partition coefficient (Wildman–Crippen LogP) is 4.92. The molecule has 0 fully saturated rings. The Bertz CT molecular complexity index is 1010. The van der Waals surface area contributed by atoms with E-state index in [0.717, 1.165) is 44.8 Å². The van der Waals surface area contributed by atoms with Crippen LogP contribution in [0.15, 0.2) is 48.5 Å². The molecule has 134 valence electrons. The first kappa shape index (κ1) is 17.0. The van der Waals surface area contributed by atoms with E-state index < -0.39 is 0 Å². The first-order valence-electron chi connectivity index (χ1n) is 8.66. The highest BCUT2D eigenvalue weighted by molar-refractivity contribution is 5.77. The van der Waals surface area contributed by atoms with E-state index in [2.05, 4.69) is 48.9 Å². The van der Waals surface area contributed by atoms with Crippen molar-refractivity contribution in [2.45, 2.75) is 0 Å². The lowest BCUT2D eigenvalue weighted by molar-refractivity contribution is 0.277. The molecule has 8 bridgehead atoms. The van der Waals surface area contributed by atoms with E-state index in [1.54, 1.807) is 14.2 Å². The van der Waals surface area contributed by atoms with Crippen LogP contribution in [0.4, 0.5) is 0 Å². The van der Waals surface area contributed by atoms with E-state index in [1.165, 1.54) is 0 Å². The second kappa shape index (κ2) is 7.43. The Hall–Kier alpha value is -3.44. The minimum absolute atomic E-state index is 0.939. The summed E-state index contributed by atoms with van der Waals surface area (Å²) in [5, 5.41) is 0. The van der Waals surface area contributed by atoms with Gasteiger partial charge in [-0.3, -0.25) is 0 Å². The largest absolute Gasteiger partial charge is 0.388 e. The molecule has 3 aromatic rings. The van der Waals surface area contributed by atoms with Gasteiger partial charge in [0, 0.05) is 36.3 Å². The monoisotopic (exact) mass is 356 g/mol. The highest BCUT2D eigenvalue weighted by Gasteiger charge is 2.01. The third kappa shape index (κ3) is 4.04. The van der Waals surface area contributed by atoms with E-state index >= 15 is 0 Å². The van der Waals surface area contributed by atoms with Crippen molar-refractivity contribution < 1.29 is 4.74 Å². The number of rotatable bonds is 0. The van der Waals surface area contributed by atoms with Crippen molar-refractivity contribution >= 4 is 46.4 Å². The lowest BCUT2D eigenvalue weighted by Gasteiger charge is -1.85. The topological polar surface area (TPSA) is 66.6 Å². The van der Waals surface area contributed by atoms with E-state index in [4.69, 9.17) is 0 Å². The third-order valence-corrected chi connectivity index (χ3v) is 4.04. The number of ether oxygens (including phenoxy) is 1. The van der Waals surface area contributed by atoms with Crippen molar-refractivity contribution in [2.24, 2.45) is 0 Å². The van der Waals surface area contributed by atoms with Gasteiger partial charge in [-0.15, -0.1) is 0 Å². The van der Waals surface area contributed by atoms with Crippen molar-refractivity contribution in [1.29, 1.82) is 0 Å². The first-order chi connectivity index (χ1) is 13.2. The average molecular weight is 356 g/mol. The van der Waals surface area contributed by atoms with Crippen LogP contribution in [0.2, 0.25) is 0 Å². The second-order valence-electron chi connectivity index (χ2n) is 6.31. The SMILES string of the molecule is C1=Cc2cc3ccc(cc4nc(cc5ccc(cc1n2)[nH]5)C=C4)[nH]3.COC. The number of aromatic amines is 2. The highest BCUT2D eigenvalue weighted by Crippen LogP contribution is 2.16. The van der Waals surface area contributed by atoms with Crippen LogP contribution in [0.3, 0.4) is 0 Å². The van der Waals surface area contributed by atoms with Gasteiger partial charge in [-0.1, -0.05) is 0 Å². The van der Waals surface area contributed by atoms with Crippen LogP contribution in [0, 0.1) is 0 Å². The number of hydrogen-bond donors (Lipinski definition) is 2. The Kier molecular flexibility index (Phi) is 4.68. The summed E-state index contributed by atoms with van der Waals surface area (Å²) in [5.41, 5.74) is 7.86. The van der Waals surface area contributed by atoms with Crippen molar-refractivity contribution in [3.63, 3.8) is 0 Å². The van der Waals surface area contributed by atoms with Gasteiger partial charge in [-0.2, -0.15) is 0 Å². The average Bonchev–Trinajstić information content (AvgIpc) is 3.41. The fourth-order valence-electron chi connectivity index (χ4n) is 2.94. The molecule has 0 spiro atoms. The van der Waals surface area contributed by atoms with Gasteiger partial charge in [-0.25, -0.2) is 9.97 Å². The molecule has 0 saturated heterocycles. The molecular weight excluding hydrogens is 336 g/mol. The van der Waals surface area contributed by atoms with Crippen molar-refractivity contribution in [3.05, 3.63) is 71.3 Å². The van der Waals surface area contributed by atoms with Crippen molar-refractivity contribution in [1.82, 2.24) is 19.9 Å². The smallest absolute Gasteiger partial charge is 0.0658 e. The molecule has 5 heteroatoms. The standard InChI is InChI=1S/C20H14N4.C2H6O/c1-2-14-10-16-5-6-18(23-16)12-20-8-7-19(24-20)11-17-4-3-15(22-17)9-13(1)21-14;1-3-2/h1-12,21,24H;1-2H3. The fraction of sp³-hybridized carbons (Fsp3) is 0.0909. The number of methoxy groups -OCH3 is 1. The first-order valence-corrected chi connectivity index (χ1v) is 8.66. The van der Waals surface area contributed by atoms with Gasteiger partial charge in [0.15, 0.2) is 0 Å². The predicted molar refractivity (Wildman–Crippen MR) is 112 cm³/mol. The molecule has 2 N–H and O–H groups in total. The molecule has 0 atom stereocenters. The number of hydrogen-bond acceptors (Lipinski definition) is 3. The summed E-state index contributed by atoms with van der Waals surface area (Å²) in [7, 11) is 3.25. The van der Waals surface area contributed by atoms with Crippen molar-refractivity contribution in [2.75, 3.05) is 14.2 Å². The molecule has 27 heavy (non-hydrogen) atoms. The molecule has 2 aliphatic heterocycles. The van der Waals surface area contributed by atoms with E-state index in [-0.39, 0.29) is 0 Å². The Labute approximate surface area is 157 Å². The zero-order chi connectivity index (χ0) is 18.6. The molecule has 3 aromatic heterocycles. The third-order valence-electron chi connectivity index (χ3n) is 4.04. The molecule has 0 unspecified atom stereocenters. The van der Waals surface area contributed by atoms with Gasteiger partial charge in [0.2, 0.25) is 0 Å². The molecule has 5 heterocycles. The number of nitrogens with one attached hydrogen (secondary N) is 2. The second-order valence-corrected chi connectivity index (χ2v) is 6.31. The molecule has 0 aliphatic carbocycles. The van der Waals surface area contributed by atoms with Gasteiger partial charge in [0.1, 0.15) is 0 Å². The van der Waals surface area contributed by atoms with E-state index in [1.807, 2.05) is 48.6 Å². The number of nitrogens with zero attached hydrogens (tertiary/aromatic N) is 2. The van der Waals surface area contributed by atoms with Gasteiger partial charge in [0.05, 0.1) is 22.8 Å². The minimum Gasteiger partial charge on any atom is -0.388 e. The van der Waals surface area contributed by atoms with Crippen LogP contribution in [-0.4, -0.2) is 34.2 Å². The summed E-state index contributed by atoms with van der Waals surface area (Å²) in [5.74, 6) is 0. The van der Waals surface area contributed by atoms with E-state index in [0.29, 0.717) is 0 Å². The number of fused-ring (bicyclic) bond motifs is 8. The number of H-pyrrole nitrogens is 2. The molecule has 5 nitrogen and oxygen atoms in total. The number of aromatic nitrogens is 4. The zero-order valence-corrected chi connectivity index (χ0v) is 15.2. The molecule has 5 rings (SSSR count). The van der Waals surface area contributed by atoms with Crippen LogP contribution >= 0.6 is 0 Å². The van der Waals surface area contributed by atoms with Crippen LogP contribution in [0.5, 0.6) is 0 Å². The van der Waals surface area contributed by atoms with Crippen molar-refractivity contribution in [3.8, 4) is 0 Å². The minimum atomic E-state index is 0.939. The molecule has 0 amide bonds. The summed E-state index contributed by atoms with van der Waals surface area (Å²) in [6, 6.07) is 16.4. The Balaban J connectivity index is 0.000000565. The maximum Gasteiger partial charge on any atom is 0.0658 e. The lowest BCUT2D eigenvalue weighted by atomic mass is 10.3. The Morgan fingerprint density at radius 1 is 0.556 bits per heavy atom. The van der Waals surface area contributed by atoms with Crippen LogP contribution in [0.1, 0.15) is 22.8 Å². The Morgan fingerprint density at radius 3 is 1.07 bits per heavy atom. The van der Waals surface area contributed by atoms with Crippen LogP contribution < -0.4 is 0 Å². The summed E-state index contributed by atoms with van der Waals surface area (Å²) in [6.45, 7) is 0. The summed E-state index contributed by atoms with van der Waals surface area (Å²) < 4.78 is 4.25. The van der Waals surface area contributed by atoms with Crippen LogP contribution in [0.25, 0.3) is 46.4 Å².